The van der Waals surface area contributed by atoms with Crippen LogP contribution < -0.4 is 5.32 Å². The predicted octanol–water partition coefficient (Wildman–Crippen LogP) is 1.48. The number of hydrogen-bond acceptors (Lipinski definition) is 6. The van der Waals surface area contributed by atoms with Crippen molar-refractivity contribution < 1.29 is 30.0 Å². The number of carboxylic acid groups (broad SMARTS) is 1. The van der Waals surface area contributed by atoms with E-state index in [0.717, 1.165) is 19.3 Å². The molecule has 0 bridgehead atoms. The largest absolute Gasteiger partial charge is 0.481 e. The van der Waals surface area contributed by atoms with Crippen molar-refractivity contribution in [2.75, 3.05) is 46.0 Å². The fourth-order valence-electron chi connectivity index (χ4n) is 3.04. The monoisotopic (exact) mass is 420 g/mol. The number of aliphatic carboxylic acids is 1. The third-order valence-electron chi connectivity index (χ3n) is 4.60. The molecule has 0 heterocycles. The van der Waals surface area contributed by atoms with Crippen LogP contribution in [0.5, 0.6) is 0 Å². The Morgan fingerprint density at radius 1 is 0.931 bits per heavy atom. The van der Waals surface area contributed by atoms with Gasteiger partial charge in [-0.3, -0.25) is 14.5 Å². The number of aliphatic hydroxyl groups is 3. The van der Waals surface area contributed by atoms with Crippen molar-refractivity contribution in [3.05, 3.63) is 0 Å². The van der Waals surface area contributed by atoms with Crippen LogP contribution in [0.4, 0.5) is 0 Å². The van der Waals surface area contributed by atoms with Crippen LogP contribution in [0.25, 0.3) is 0 Å². The maximum atomic E-state index is 11.8. The van der Waals surface area contributed by atoms with Crippen molar-refractivity contribution >= 4 is 11.9 Å². The third-order valence-corrected chi connectivity index (χ3v) is 4.60. The Kier molecular flexibility index (Phi) is 22.2. The van der Waals surface area contributed by atoms with Gasteiger partial charge < -0.3 is 25.7 Å². The molecule has 0 saturated carbocycles. The van der Waals surface area contributed by atoms with Gasteiger partial charge in [0.25, 0.3) is 0 Å². The number of carbonyl (C=O) groups excluding carboxylic acids is 1. The molecular formula is C21H44N2O6. The molecule has 0 aliphatic rings. The molecule has 0 aromatic carbocycles. The van der Waals surface area contributed by atoms with E-state index < -0.39 is 5.97 Å². The molecule has 0 radical (unpaired) electrons. The lowest BCUT2D eigenvalue weighted by atomic mass is 9.93. The van der Waals surface area contributed by atoms with Crippen LogP contribution in [0.3, 0.4) is 0 Å². The van der Waals surface area contributed by atoms with Crippen molar-refractivity contribution in [2.45, 2.75) is 65.7 Å². The smallest absolute Gasteiger partial charge is 0.303 e. The summed E-state index contributed by atoms with van der Waals surface area (Å²) in [5.74, 6) is 0.0469. The van der Waals surface area contributed by atoms with Gasteiger partial charge in [-0.2, -0.15) is 0 Å². The van der Waals surface area contributed by atoms with Crippen LogP contribution in [0.15, 0.2) is 0 Å². The molecule has 174 valence electrons. The zero-order chi connectivity index (χ0) is 22.5. The van der Waals surface area contributed by atoms with Gasteiger partial charge in [0, 0.05) is 38.5 Å². The van der Waals surface area contributed by atoms with E-state index >= 15 is 0 Å². The van der Waals surface area contributed by atoms with Gasteiger partial charge in [-0.05, 0) is 25.2 Å². The van der Waals surface area contributed by atoms with E-state index in [1.807, 2.05) is 6.92 Å². The second-order valence-corrected chi connectivity index (χ2v) is 7.54. The second-order valence-electron chi connectivity index (χ2n) is 7.54. The molecule has 2 atom stereocenters. The summed E-state index contributed by atoms with van der Waals surface area (Å²) in [7, 11) is 0. The van der Waals surface area contributed by atoms with Gasteiger partial charge in [0.2, 0.25) is 5.91 Å². The van der Waals surface area contributed by atoms with Crippen LogP contribution >= 0.6 is 0 Å². The Morgan fingerprint density at radius 3 is 1.93 bits per heavy atom. The fourth-order valence-corrected chi connectivity index (χ4v) is 3.04. The minimum atomic E-state index is -0.748. The highest BCUT2D eigenvalue weighted by atomic mass is 16.4. The Labute approximate surface area is 176 Å². The lowest BCUT2D eigenvalue weighted by Gasteiger charge is -2.17. The van der Waals surface area contributed by atoms with Gasteiger partial charge in [-0.15, -0.1) is 0 Å². The molecular weight excluding hydrogens is 376 g/mol. The minimum Gasteiger partial charge on any atom is -0.481 e. The van der Waals surface area contributed by atoms with Crippen molar-refractivity contribution in [3.63, 3.8) is 0 Å². The number of unbranched alkanes of at least 4 members (excludes halogenated alkanes) is 2. The lowest BCUT2D eigenvalue weighted by Crippen LogP contribution is -2.32. The highest BCUT2D eigenvalue weighted by molar-refractivity contribution is 5.78. The summed E-state index contributed by atoms with van der Waals surface area (Å²) in [6.07, 6.45) is 5.90. The van der Waals surface area contributed by atoms with Crippen molar-refractivity contribution in [1.82, 2.24) is 10.2 Å². The van der Waals surface area contributed by atoms with E-state index in [-0.39, 0.29) is 38.1 Å². The molecule has 2 unspecified atom stereocenters. The van der Waals surface area contributed by atoms with E-state index in [0.29, 0.717) is 38.5 Å². The summed E-state index contributed by atoms with van der Waals surface area (Å²) >= 11 is 0. The first-order valence-electron chi connectivity index (χ1n) is 10.9. The quantitative estimate of drug-likeness (QED) is 0.225. The maximum absolute atomic E-state index is 11.8. The average molecular weight is 421 g/mol. The van der Waals surface area contributed by atoms with Crippen molar-refractivity contribution in [1.29, 1.82) is 0 Å². The van der Waals surface area contributed by atoms with Crippen LogP contribution in [-0.2, 0) is 9.59 Å². The van der Waals surface area contributed by atoms with Crippen LogP contribution in [0, 0.1) is 11.8 Å². The lowest BCUT2D eigenvalue weighted by molar-refractivity contribution is -0.137. The Hall–Kier alpha value is -1.22. The van der Waals surface area contributed by atoms with Crippen LogP contribution in [0.2, 0.25) is 0 Å². The molecule has 5 N–H and O–H groups in total. The van der Waals surface area contributed by atoms with E-state index in [1.165, 1.54) is 12.8 Å². The van der Waals surface area contributed by atoms with Gasteiger partial charge >= 0.3 is 5.97 Å². The van der Waals surface area contributed by atoms with Gasteiger partial charge in [0.15, 0.2) is 0 Å². The number of nitrogens with zero attached hydrogens (tertiary/aromatic N) is 1. The highest BCUT2D eigenvalue weighted by Gasteiger charge is 2.15. The predicted molar refractivity (Wildman–Crippen MR) is 115 cm³/mol. The normalized spacial score (nSPS) is 12.8. The van der Waals surface area contributed by atoms with Gasteiger partial charge in [-0.1, -0.05) is 40.0 Å². The molecule has 0 saturated heterocycles. The number of carbonyl (C=O) groups is 2. The van der Waals surface area contributed by atoms with E-state index in [2.05, 4.69) is 19.2 Å². The topological polar surface area (TPSA) is 130 Å². The summed E-state index contributed by atoms with van der Waals surface area (Å²) in [5.41, 5.74) is 0. The SMILES string of the molecule is CCCC(C)CC(C)C(=O)NCCCCCC(=O)O.OCCN(CCO)CCO. The second kappa shape index (κ2) is 21.5. The fraction of sp³-hybridized carbons (Fsp3) is 0.905. The summed E-state index contributed by atoms with van der Waals surface area (Å²) in [6.45, 7) is 8.75. The number of hydrogen-bond donors (Lipinski definition) is 5. The molecule has 0 aliphatic heterocycles. The number of nitrogens with one attached hydrogen (secondary N) is 1. The van der Waals surface area contributed by atoms with Crippen LogP contribution in [0.1, 0.15) is 65.7 Å². The highest BCUT2D eigenvalue weighted by Crippen LogP contribution is 2.16. The summed E-state index contributed by atoms with van der Waals surface area (Å²) in [5, 5.41) is 36.9. The first kappa shape index (κ1) is 30.0. The maximum Gasteiger partial charge on any atom is 0.303 e. The summed E-state index contributed by atoms with van der Waals surface area (Å²) in [6, 6.07) is 0. The number of rotatable bonds is 17. The van der Waals surface area contributed by atoms with Crippen molar-refractivity contribution in [3.8, 4) is 0 Å². The number of amides is 1. The van der Waals surface area contributed by atoms with Gasteiger partial charge in [-0.25, -0.2) is 0 Å². The van der Waals surface area contributed by atoms with E-state index in [1.54, 1.807) is 4.90 Å². The molecule has 1 amide bonds. The van der Waals surface area contributed by atoms with Crippen molar-refractivity contribution in [2.24, 2.45) is 11.8 Å². The van der Waals surface area contributed by atoms with Gasteiger partial charge in [0.05, 0.1) is 19.8 Å². The van der Waals surface area contributed by atoms with Gasteiger partial charge in [0.1, 0.15) is 0 Å². The molecule has 0 aliphatic carbocycles. The molecule has 8 nitrogen and oxygen atoms in total. The van der Waals surface area contributed by atoms with E-state index in [9.17, 15) is 9.59 Å². The molecule has 8 heteroatoms. The number of carboxylic acids is 1. The minimum absolute atomic E-state index is 0.0694. The molecule has 0 spiro atoms. The Morgan fingerprint density at radius 2 is 1.48 bits per heavy atom. The molecule has 0 aromatic heterocycles. The standard InChI is InChI=1S/C15H29NO3.C6H15NO3/c1-4-8-12(2)11-13(3)15(19)16-10-7-5-6-9-14(17)18;8-4-1-7(2-5-9)3-6-10/h12-13H,4-11H2,1-3H3,(H,16,19)(H,17,18);8-10H,1-6H2. The molecule has 29 heavy (non-hydrogen) atoms. The van der Waals surface area contributed by atoms with E-state index in [4.69, 9.17) is 20.4 Å². The summed E-state index contributed by atoms with van der Waals surface area (Å²) < 4.78 is 0. The average Bonchev–Trinajstić information content (AvgIpc) is 2.65. The Balaban J connectivity index is 0. The first-order chi connectivity index (χ1) is 13.8. The Bertz CT molecular complexity index is 381. The molecule has 0 fully saturated rings. The number of aliphatic hydroxyl groups excluding tert-OH is 3. The first-order valence-corrected chi connectivity index (χ1v) is 10.9. The van der Waals surface area contributed by atoms with Crippen LogP contribution in [-0.4, -0.2) is 83.2 Å². The molecule has 0 rings (SSSR count). The zero-order valence-electron chi connectivity index (χ0n) is 18.6. The summed E-state index contributed by atoms with van der Waals surface area (Å²) in [4.78, 5) is 23.9. The third kappa shape index (κ3) is 21.3. The zero-order valence-corrected chi connectivity index (χ0v) is 18.6. The molecule has 0 aromatic rings.